The van der Waals surface area contributed by atoms with Gasteiger partial charge < -0.3 is 26.2 Å². The van der Waals surface area contributed by atoms with E-state index in [0.717, 1.165) is 11.4 Å². The van der Waals surface area contributed by atoms with Gasteiger partial charge >= 0.3 is 0 Å². The Kier molecular flexibility index (Phi) is 5.31. The Morgan fingerprint density at radius 2 is 1.62 bits per heavy atom. The molecule has 1 aliphatic heterocycles. The number of hydrogen-bond donors (Lipinski definition) is 4. The van der Waals surface area contributed by atoms with Crippen molar-refractivity contribution in [1.29, 1.82) is 0 Å². The highest BCUT2D eigenvalue weighted by molar-refractivity contribution is 6.05. The van der Waals surface area contributed by atoms with Crippen molar-refractivity contribution < 1.29 is 9.59 Å². The Balaban J connectivity index is 1.48. The number of carbonyl (C=O) groups excluding carboxylic acids is 2. The van der Waals surface area contributed by atoms with Crippen LogP contribution in [0.25, 0.3) is 0 Å². The molecule has 0 atom stereocenters. The SMILES string of the molecule is CC(=O)Nc1ccc(Nc2ncnc(Nc3ccc4c(n3)NC(=O)C(C)(C)N4C)n2)cc1. The number of nitrogens with one attached hydrogen (secondary N) is 4. The highest BCUT2D eigenvalue weighted by Crippen LogP contribution is 2.35. The number of carbonyl (C=O) groups is 2. The molecule has 4 rings (SSSR count). The average Bonchev–Trinajstić information content (AvgIpc) is 2.74. The summed E-state index contributed by atoms with van der Waals surface area (Å²) in [5.74, 6) is 1.31. The van der Waals surface area contributed by atoms with E-state index in [4.69, 9.17) is 0 Å². The number of anilines is 7. The highest BCUT2D eigenvalue weighted by atomic mass is 16.2. The summed E-state index contributed by atoms with van der Waals surface area (Å²) >= 11 is 0. The second-order valence-corrected chi connectivity index (χ2v) is 7.78. The first-order valence-electron chi connectivity index (χ1n) is 9.89. The van der Waals surface area contributed by atoms with Gasteiger partial charge in [0, 0.05) is 25.3 Å². The molecule has 1 aliphatic rings. The minimum absolute atomic E-state index is 0.131. The van der Waals surface area contributed by atoms with E-state index in [2.05, 4.69) is 41.2 Å². The summed E-state index contributed by atoms with van der Waals surface area (Å²) in [7, 11) is 1.86. The monoisotopic (exact) mass is 433 g/mol. The van der Waals surface area contributed by atoms with Crippen molar-refractivity contribution in [2.75, 3.05) is 33.2 Å². The molecule has 0 spiro atoms. The van der Waals surface area contributed by atoms with Gasteiger partial charge in [0.15, 0.2) is 5.82 Å². The summed E-state index contributed by atoms with van der Waals surface area (Å²) < 4.78 is 0. The Bertz CT molecular complexity index is 1180. The molecule has 4 N–H and O–H groups in total. The Hall–Kier alpha value is -4.28. The van der Waals surface area contributed by atoms with Crippen LogP contribution in [0.1, 0.15) is 20.8 Å². The van der Waals surface area contributed by atoms with E-state index < -0.39 is 5.54 Å². The van der Waals surface area contributed by atoms with Crippen LogP contribution in [0.2, 0.25) is 0 Å². The molecule has 3 heterocycles. The third-order valence-electron chi connectivity index (χ3n) is 5.13. The summed E-state index contributed by atoms with van der Waals surface area (Å²) in [5, 5.41) is 11.7. The molecule has 2 amide bonds. The fourth-order valence-corrected chi connectivity index (χ4v) is 3.10. The lowest BCUT2D eigenvalue weighted by molar-refractivity contribution is -0.120. The van der Waals surface area contributed by atoms with E-state index >= 15 is 0 Å². The minimum atomic E-state index is -0.668. The van der Waals surface area contributed by atoms with Gasteiger partial charge in [0.05, 0.1) is 5.69 Å². The van der Waals surface area contributed by atoms with Gasteiger partial charge in [0.25, 0.3) is 5.91 Å². The van der Waals surface area contributed by atoms with Crippen molar-refractivity contribution >= 4 is 52.4 Å². The molecule has 0 fully saturated rings. The molecule has 2 aromatic heterocycles. The molecule has 11 nitrogen and oxygen atoms in total. The van der Waals surface area contributed by atoms with E-state index in [0.29, 0.717) is 29.2 Å². The molecule has 164 valence electrons. The third kappa shape index (κ3) is 4.26. The topological polar surface area (TPSA) is 137 Å². The third-order valence-corrected chi connectivity index (χ3v) is 5.13. The number of nitrogens with zero attached hydrogens (tertiary/aromatic N) is 5. The standard InChI is InChI=1S/C21H23N9O2/c1-12(31)24-13-5-7-14(8-6-13)25-19-22-11-23-20(29-19)27-16-10-9-15-17(26-16)28-18(32)21(2,3)30(15)4/h5-11H,1-4H3,(H,24,31)(H3,22,23,25,26,27,28,29,32). The zero-order valence-corrected chi connectivity index (χ0v) is 18.1. The van der Waals surface area contributed by atoms with Gasteiger partial charge in [-0.05, 0) is 50.2 Å². The maximum absolute atomic E-state index is 12.4. The smallest absolute Gasteiger partial charge is 0.250 e. The van der Waals surface area contributed by atoms with E-state index in [9.17, 15) is 9.59 Å². The van der Waals surface area contributed by atoms with Crippen LogP contribution in [0.4, 0.5) is 40.6 Å². The number of rotatable bonds is 5. The van der Waals surface area contributed by atoms with E-state index in [-0.39, 0.29) is 11.8 Å². The van der Waals surface area contributed by atoms with Crippen LogP contribution < -0.4 is 26.2 Å². The fourth-order valence-electron chi connectivity index (χ4n) is 3.10. The lowest BCUT2D eigenvalue weighted by Gasteiger charge is -2.40. The zero-order valence-electron chi connectivity index (χ0n) is 18.1. The molecular weight excluding hydrogens is 410 g/mol. The number of fused-ring (bicyclic) bond motifs is 1. The molecule has 1 aromatic carbocycles. The van der Waals surface area contributed by atoms with Crippen molar-refractivity contribution in [2.45, 2.75) is 26.3 Å². The van der Waals surface area contributed by atoms with Crippen molar-refractivity contribution in [3.63, 3.8) is 0 Å². The molecule has 11 heteroatoms. The summed E-state index contributed by atoms with van der Waals surface area (Å²) in [4.78, 5) is 42.5. The van der Waals surface area contributed by atoms with Crippen LogP contribution >= 0.6 is 0 Å². The number of aromatic nitrogens is 4. The number of likely N-dealkylation sites (N-methyl/N-ethyl adjacent to an activating group) is 1. The minimum Gasteiger partial charge on any atom is -0.358 e. The maximum atomic E-state index is 12.4. The lowest BCUT2D eigenvalue weighted by Crippen LogP contribution is -2.54. The summed E-state index contributed by atoms with van der Waals surface area (Å²) in [6, 6.07) is 10.8. The van der Waals surface area contributed by atoms with Gasteiger partial charge in [-0.3, -0.25) is 9.59 Å². The van der Waals surface area contributed by atoms with Gasteiger partial charge in [-0.15, -0.1) is 0 Å². The number of pyridine rings is 1. The Morgan fingerprint density at radius 3 is 2.31 bits per heavy atom. The Morgan fingerprint density at radius 1 is 0.969 bits per heavy atom. The van der Waals surface area contributed by atoms with Gasteiger partial charge in [-0.1, -0.05) is 0 Å². The van der Waals surface area contributed by atoms with Gasteiger partial charge in [0.1, 0.15) is 17.7 Å². The van der Waals surface area contributed by atoms with Gasteiger partial charge in [0.2, 0.25) is 17.8 Å². The van der Waals surface area contributed by atoms with E-state index in [1.807, 2.05) is 31.9 Å². The van der Waals surface area contributed by atoms with E-state index in [1.165, 1.54) is 13.3 Å². The number of amides is 2. The van der Waals surface area contributed by atoms with Crippen LogP contribution in [0.3, 0.4) is 0 Å². The fraction of sp³-hybridized carbons (Fsp3) is 0.238. The molecule has 0 saturated carbocycles. The first-order valence-corrected chi connectivity index (χ1v) is 9.89. The molecule has 0 saturated heterocycles. The van der Waals surface area contributed by atoms with Crippen molar-refractivity contribution in [1.82, 2.24) is 19.9 Å². The van der Waals surface area contributed by atoms with Crippen LogP contribution in [-0.4, -0.2) is 44.3 Å². The van der Waals surface area contributed by atoms with Crippen LogP contribution in [-0.2, 0) is 9.59 Å². The van der Waals surface area contributed by atoms with Crippen LogP contribution in [0, 0.1) is 0 Å². The van der Waals surface area contributed by atoms with Gasteiger partial charge in [-0.2, -0.15) is 4.98 Å². The second-order valence-electron chi connectivity index (χ2n) is 7.78. The lowest BCUT2D eigenvalue weighted by atomic mass is 9.99. The molecule has 3 aromatic rings. The maximum Gasteiger partial charge on any atom is 0.250 e. The summed E-state index contributed by atoms with van der Waals surface area (Å²) in [6.45, 7) is 5.16. The van der Waals surface area contributed by atoms with Crippen molar-refractivity contribution in [2.24, 2.45) is 0 Å². The number of benzene rings is 1. The molecule has 32 heavy (non-hydrogen) atoms. The average molecular weight is 433 g/mol. The molecule has 0 radical (unpaired) electrons. The van der Waals surface area contributed by atoms with E-state index in [1.54, 1.807) is 30.3 Å². The quantitative estimate of drug-likeness (QED) is 0.478. The summed E-state index contributed by atoms with van der Waals surface area (Å²) in [5.41, 5.74) is 1.59. The number of hydrogen-bond acceptors (Lipinski definition) is 9. The first kappa shape index (κ1) is 21.0. The molecule has 0 aliphatic carbocycles. The van der Waals surface area contributed by atoms with Crippen molar-refractivity contribution in [3.8, 4) is 0 Å². The van der Waals surface area contributed by atoms with Crippen LogP contribution in [0.15, 0.2) is 42.7 Å². The zero-order chi connectivity index (χ0) is 22.9. The van der Waals surface area contributed by atoms with Crippen molar-refractivity contribution in [3.05, 3.63) is 42.7 Å². The second kappa shape index (κ2) is 8.10. The van der Waals surface area contributed by atoms with Gasteiger partial charge in [-0.25, -0.2) is 15.0 Å². The highest BCUT2D eigenvalue weighted by Gasteiger charge is 2.38. The molecule has 0 bridgehead atoms. The predicted molar refractivity (Wildman–Crippen MR) is 122 cm³/mol. The summed E-state index contributed by atoms with van der Waals surface area (Å²) in [6.07, 6.45) is 1.37. The van der Waals surface area contributed by atoms with Crippen LogP contribution in [0.5, 0.6) is 0 Å². The molecular formula is C21H23N9O2. The normalized spacial score (nSPS) is 14.2. The first-order chi connectivity index (χ1) is 15.2. The largest absolute Gasteiger partial charge is 0.358 e. The predicted octanol–water partition coefficient (Wildman–Crippen LogP) is 2.88. The Labute approximate surface area is 184 Å². The molecule has 0 unspecified atom stereocenters.